The average molecular weight is 526 g/mol. The number of hydrogen-bond acceptors (Lipinski definition) is 9. The van der Waals surface area contributed by atoms with Crippen LogP contribution in [0.25, 0.3) is 0 Å². The third kappa shape index (κ3) is 6.80. The molecule has 0 saturated carbocycles. The van der Waals surface area contributed by atoms with Crippen LogP contribution < -0.4 is 4.72 Å². The Bertz CT molecular complexity index is 1060. The van der Waals surface area contributed by atoms with Crippen molar-refractivity contribution in [1.82, 2.24) is 19.7 Å². The molecule has 0 amide bonds. The molecule has 1 aliphatic rings. The summed E-state index contributed by atoms with van der Waals surface area (Å²) in [5.74, 6) is 0.584. The van der Waals surface area contributed by atoms with Crippen LogP contribution in [0.1, 0.15) is 82.0 Å². The fourth-order valence-corrected chi connectivity index (χ4v) is 5.30. The maximum atomic E-state index is 13.6. The number of sulfonamides is 1. The molecule has 0 spiro atoms. The minimum absolute atomic E-state index is 0.0639. The van der Waals surface area contributed by atoms with Crippen molar-refractivity contribution < 1.29 is 27.4 Å². The summed E-state index contributed by atoms with van der Waals surface area (Å²) in [4.78, 5) is 4.43. The molecule has 36 heavy (non-hydrogen) atoms. The second kappa shape index (κ2) is 12.9. The number of pyridine rings is 1. The number of hydrogen-bond donors (Lipinski definition) is 1. The Morgan fingerprint density at radius 2 is 2.00 bits per heavy atom. The first-order valence-electron chi connectivity index (χ1n) is 12.4. The molecule has 0 aliphatic carbocycles. The van der Waals surface area contributed by atoms with E-state index in [1.54, 1.807) is 38.0 Å². The minimum atomic E-state index is -3.97. The number of ether oxygens (including phenoxy) is 4. The highest BCUT2D eigenvalue weighted by atomic mass is 32.2. The van der Waals surface area contributed by atoms with E-state index in [2.05, 4.69) is 19.9 Å². The van der Waals surface area contributed by atoms with E-state index >= 15 is 0 Å². The molecule has 1 aliphatic heterocycles. The van der Waals surface area contributed by atoms with E-state index in [-0.39, 0.29) is 18.2 Å². The third-order valence-corrected chi connectivity index (χ3v) is 7.94. The van der Waals surface area contributed by atoms with Crippen molar-refractivity contribution in [2.75, 3.05) is 32.2 Å². The first kappa shape index (κ1) is 28.5. The maximum absolute atomic E-state index is 13.6. The van der Waals surface area contributed by atoms with Gasteiger partial charge < -0.3 is 18.9 Å². The number of methoxy groups -OCH3 is 2. The second-order valence-corrected chi connectivity index (χ2v) is 11.2. The van der Waals surface area contributed by atoms with Gasteiger partial charge in [-0.3, -0.25) is 14.3 Å². The summed E-state index contributed by atoms with van der Waals surface area (Å²) >= 11 is 0. The van der Waals surface area contributed by atoms with Crippen LogP contribution in [-0.2, 0) is 29.0 Å². The first-order chi connectivity index (χ1) is 17.2. The molecule has 1 N–H and O–H groups in total. The predicted octanol–water partition coefficient (Wildman–Crippen LogP) is 3.70. The molecule has 12 heteroatoms. The van der Waals surface area contributed by atoms with Gasteiger partial charge in [0.15, 0.2) is 5.82 Å². The minimum Gasteiger partial charge on any atom is -0.385 e. The first-order valence-corrected chi connectivity index (χ1v) is 13.9. The highest BCUT2D eigenvalue weighted by molar-refractivity contribution is 7.93. The Kier molecular flexibility index (Phi) is 10.2. The van der Waals surface area contributed by atoms with E-state index in [1.807, 2.05) is 26.8 Å². The molecule has 0 aromatic carbocycles. The van der Waals surface area contributed by atoms with Gasteiger partial charge in [0.25, 0.3) is 0 Å². The highest BCUT2D eigenvalue weighted by Gasteiger charge is 2.36. The largest absolute Gasteiger partial charge is 0.385 e. The smallest absolute Gasteiger partial charge is 0.240 e. The normalized spacial score (nSPS) is 20.8. The van der Waals surface area contributed by atoms with Crippen LogP contribution in [0.3, 0.4) is 0 Å². The summed E-state index contributed by atoms with van der Waals surface area (Å²) in [6.07, 6.45) is 3.03. The van der Waals surface area contributed by atoms with Gasteiger partial charge in [-0.05, 0) is 51.7 Å². The molecule has 1 unspecified atom stereocenters. The van der Waals surface area contributed by atoms with Gasteiger partial charge in [-0.15, -0.1) is 10.2 Å². The molecule has 2 aromatic heterocycles. The highest BCUT2D eigenvalue weighted by Crippen LogP contribution is 2.35. The van der Waals surface area contributed by atoms with Gasteiger partial charge >= 0.3 is 0 Å². The number of nitrogens with zero attached hydrogens (tertiary/aromatic N) is 4. The van der Waals surface area contributed by atoms with E-state index in [0.29, 0.717) is 31.2 Å². The Balaban J connectivity index is 1.94. The lowest BCUT2D eigenvalue weighted by atomic mass is 10.1. The Morgan fingerprint density at radius 3 is 2.58 bits per heavy atom. The third-order valence-electron chi connectivity index (χ3n) is 6.25. The summed E-state index contributed by atoms with van der Waals surface area (Å²) in [6, 6.07) is 3.69. The molecule has 0 radical (unpaired) electrons. The Morgan fingerprint density at radius 1 is 1.22 bits per heavy atom. The summed E-state index contributed by atoms with van der Waals surface area (Å²) < 4.78 is 54.4. The number of anilines is 1. The summed E-state index contributed by atoms with van der Waals surface area (Å²) in [6.45, 7) is 8.31. The van der Waals surface area contributed by atoms with E-state index < -0.39 is 27.6 Å². The average Bonchev–Trinajstić information content (AvgIpc) is 3.46. The summed E-state index contributed by atoms with van der Waals surface area (Å²) in [5.41, 5.74) is 1.53. The zero-order valence-corrected chi connectivity index (χ0v) is 22.8. The van der Waals surface area contributed by atoms with Gasteiger partial charge in [0, 0.05) is 33.4 Å². The monoisotopic (exact) mass is 525 g/mol. The van der Waals surface area contributed by atoms with Crippen molar-refractivity contribution >= 4 is 16.0 Å². The summed E-state index contributed by atoms with van der Waals surface area (Å²) in [5, 5.41) is 7.55. The zero-order chi connectivity index (χ0) is 26.3. The van der Waals surface area contributed by atoms with Crippen LogP contribution in [0.15, 0.2) is 18.3 Å². The van der Waals surface area contributed by atoms with Gasteiger partial charge in [0.2, 0.25) is 16.0 Å². The van der Waals surface area contributed by atoms with E-state index in [0.717, 1.165) is 24.8 Å². The predicted molar refractivity (Wildman–Crippen MR) is 135 cm³/mol. The maximum Gasteiger partial charge on any atom is 0.240 e. The molecule has 0 bridgehead atoms. The van der Waals surface area contributed by atoms with Gasteiger partial charge in [-0.25, -0.2) is 8.42 Å². The van der Waals surface area contributed by atoms with Crippen molar-refractivity contribution in [3.05, 3.63) is 35.4 Å². The molecule has 3 heterocycles. The number of aromatic nitrogens is 4. The van der Waals surface area contributed by atoms with Crippen LogP contribution >= 0.6 is 0 Å². The SMILES string of the molecule is CCCO[C@@H](c1ccc(C)cn1)[C@H](C)S(=O)(=O)Nc1nnc([C@@H]2CC[C@H](C)O2)n1C(CCOC)OC. The molecular formula is C24H39N5O6S. The quantitative estimate of drug-likeness (QED) is 0.393. The lowest BCUT2D eigenvalue weighted by Gasteiger charge is -2.26. The Labute approximate surface area is 213 Å². The molecule has 1 saturated heterocycles. The number of aryl methyl sites for hydroxylation is 1. The number of nitrogens with one attached hydrogen (secondary N) is 1. The molecular weight excluding hydrogens is 486 g/mol. The molecule has 2 aromatic rings. The van der Waals surface area contributed by atoms with Crippen LogP contribution in [0, 0.1) is 6.92 Å². The fraction of sp³-hybridized carbons (Fsp3) is 0.708. The van der Waals surface area contributed by atoms with Crippen LogP contribution in [0.4, 0.5) is 5.95 Å². The topological polar surface area (TPSA) is 127 Å². The molecule has 202 valence electrons. The summed E-state index contributed by atoms with van der Waals surface area (Å²) in [7, 11) is -0.817. The van der Waals surface area contributed by atoms with Gasteiger partial charge in [-0.1, -0.05) is 13.0 Å². The fourth-order valence-electron chi connectivity index (χ4n) is 4.18. The Hall–Kier alpha value is -2.12. The van der Waals surface area contributed by atoms with Gasteiger partial charge in [0.05, 0.1) is 18.4 Å². The van der Waals surface area contributed by atoms with Crippen molar-refractivity contribution in [2.24, 2.45) is 0 Å². The molecule has 1 fully saturated rings. The lowest BCUT2D eigenvalue weighted by molar-refractivity contribution is 0.00193. The van der Waals surface area contributed by atoms with Gasteiger partial charge in [0.1, 0.15) is 23.7 Å². The lowest BCUT2D eigenvalue weighted by Crippen LogP contribution is -2.34. The van der Waals surface area contributed by atoms with E-state index in [4.69, 9.17) is 18.9 Å². The van der Waals surface area contributed by atoms with Crippen molar-refractivity contribution in [3.63, 3.8) is 0 Å². The van der Waals surface area contributed by atoms with E-state index in [9.17, 15) is 8.42 Å². The van der Waals surface area contributed by atoms with Crippen molar-refractivity contribution in [2.45, 2.75) is 83.2 Å². The van der Waals surface area contributed by atoms with E-state index in [1.165, 1.54) is 0 Å². The van der Waals surface area contributed by atoms with Crippen LogP contribution in [0.2, 0.25) is 0 Å². The van der Waals surface area contributed by atoms with Crippen LogP contribution in [-0.4, -0.2) is 67.0 Å². The molecule has 3 rings (SSSR count). The number of rotatable bonds is 14. The van der Waals surface area contributed by atoms with Gasteiger partial charge in [-0.2, -0.15) is 0 Å². The second-order valence-electron chi connectivity index (χ2n) is 9.14. The van der Waals surface area contributed by atoms with Crippen molar-refractivity contribution in [1.29, 1.82) is 0 Å². The molecule has 11 nitrogen and oxygen atoms in total. The zero-order valence-electron chi connectivity index (χ0n) is 22.0. The molecule has 5 atom stereocenters. The van der Waals surface area contributed by atoms with Crippen LogP contribution in [0.5, 0.6) is 0 Å². The standard InChI is InChI=1S/C24H39N5O6S/c1-7-13-34-22(19-10-8-16(2)15-25-19)18(4)36(30,31)28-24-27-26-23(20-11-9-17(3)35-20)29(24)21(33-6)12-14-32-5/h8,10,15,17-18,20-22H,7,9,11-14H2,1-6H3,(H,27,28)/t17-,18-,20-,21?,22+/m0/s1. The van der Waals surface area contributed by atoms with Crippen molar-refractivity contribution in [3.8, 4) is 0 Å².